The van der Waals surface area contributed by atoms with Crippen LogP contribution in [0.25, 0.3) is 0 Å². The first kappa shape index (κ1) is 12.2. The molecule has 1 unspecified atom stereocenters. The lowest BCUT2D eigenvalue weighted by Crippen LogP contribution is -2.48. The number of hydrogen-bond donors (Lipinski definition) is 3. The van der Waals surface area contributed by atoms with Crippen molar-refractivity contribution in [3.63, 3.8) is 0 Å². The summed E-state index contributed by atoms with van der Waals surface area (Å²) in [5.41, 5.74) is 5.43. The normalized spacial score (nSPS) is 24.6. The molecule has 1 aliphatic rings. The number of nitrogens with one attached hydrogen (secondary N) is 1. The number of amidine groups is 1. The zero-order valence-corrected chi connectivity index (χ0v) is 9.37. The van der Waals surface area contributed by atoms with Gasteiger partial charge in [0, 0.05) is 13.1 Å². The molecule has 1 rings (SSSR count). The fraction of sp³-hybridized carbons (Fsp3) is 0.857. The van der Waals surface area contributed by atoms with Crippen molar-refractivity contribution in [3.05, 3.63) is 0 Å². The molecule has 1 fully saturated rings. The minimum absolute atomic E-state index is 0.0611. The molecule has 0 radical (unpaired) electrons. The molecule has 0 aliphatic carbocycles. The molecular formula is C7H16N4O3S. The van der Waals surface area contributed by atoms with E-state index >= 15 is 0 Å². The summed E-state index contributed by atoms with van der Waals surface area (Å²) < 4.78 is 27.0. The highest BCUT2D eigenvalue weighted by atomic mass is 32.2. The summed E-state index contributed by atoms with van der Waals surface area (Å²) in [6, 6.07) is -0.529. The number of nitrogens with zero attached hydrogens (tertiary/aromatic N) is 2. The Hall–Kier alpha value is -0.860. The van der Waals surface area contributed by atoms with Gasteiger partial charge in [0.05, 0.1) is 6.04 Å². The van der Waals surface area contributed by atoms with Gasteiger partial charge < -0.3 is 10.9 Å². The highest BCUT2D eigenvalue weighted by Crippen LogP contribution is 2.20. The van der Waals surface area contributed by atoms with E-state index in [-0.39, 0.29) is 5.84 Å². The minimum atomic E-state index is -3.50. The zero-order chi connectivity index (χ0) is 11.5. The quantitative estimate of drug-likeness (QED) is 0.253. The molecule has 0 aromatic heterocycles. The third kappa shape index (κ3) is 2.58. The van der Waals surface area contributed by atoms with Gasteiger partial charge in [-0.15, -0.1) is 0 Å². The van der Waals surface area contributed by atoms with Crippen LogP contribution < -0.4 is 10.5 Å². The van der Waals surface area contributed by atoms with Crippen molar-refractivity contribution in [1.82, 2.24) is 9.03 Å². The maximum atomic E-state index is 11.7. The Morgan fingerprint density at radius 3 is 2.93 bits per heavy atom. The summed E-state index contributed by atoms with van der Waals surface area (Å²) in [7, 11) is -3.50. The second-order valence-electron chi connectivity index (χ2n) is 3.30. The summed E-state index contributed by atoms with van der Waals surface area (Å²) in [5.74, 6) is -0.0611. The van der Waals surface area contributed by atoms with Crippen molar-refractivity contribution in [2.24, 2.45) is 10.9 Å². The Labute approximate surface area is 89.1 Å². The van der Waals surface area contributed by atoms with Crippen LogP contribution in [-0.2, 0) is 10.2 Å². The molecule has 1 atom stereocenters. The summed E-state index contributed by atoms with van der Waals surface area (Å²) >= 11 is 0. The van der Waals surface area contributed by atoms with Crippen LogP contribution in [0.2, 0.25) is 0 Å². The van der Waals surface area contributed by atoms with Gasteiger partial charge >= 0.3 is 0 Å². The van der Waals surface area contributed by atoms with Gasteiger partial charge in [-0.25, -0.2) is 4.72 Å². The topological polar surface area (TPSA) is 108 Å². The number of oxime groups is 1. The van der Waals surface area contributed by atoms with Gasteiger partial charge in [0.2, 0.25) is 0 Å². The second kappa shape index (κ2) is 4.77. The van der Waals surface area contributed by atoms with E-state index in [2.05, 4.69) is 9.88 Å². The molecule has 7 nitrogen and oxygen atoms in total. The standard InChI is InChI=1S/C7H16N4O3S/c1-2-9-15(13,14)11-5-3-4-6(11)7(8)10-12/h6,9,12H,2-5H2,1H3,(H2,8,10). The highest BCUT2D eigenvalue weighted by molar-refractivity contribution is 7.87. The average Bonchev–Trinajstić information content (AvgIpc) is 2.65. The second-order valence-corrected chi connectivity index (χ2v) is 5.00. The molecule has 1 saturated heterocycles. The van der Waals surface area contributed by atoms with Crippen LogP contribution in [0.3, 0.4) is 0 Å². The lowest BCUT2D eigenvalue weighted by Gasteiger charge is -2.22. The maximum absolute atomic E-state index is 11.7. The monoisotopic (exact) mass is 236 g/mol. The van der Waals surface area contributed by atoms with Crippen molar-refractivity contribution in [1.29, 1.82) is 0 Å². The fourth-order valence-electron chi connectivity index (χ4n) is 1.66. The smallest absolute Gasteiger partial charge is 0.280 e. The SMILES string of the molecule is CCNS(=O)(=O)N1CCCC1C(N)=NO. The fourth-order valence-corrected chi connectivity index (χ4v) is 3.10. The maximum Gasteiger partial charge on any atom is 0.280 e. The van der Waals surface area contributed by atoms with Crippen LogP contribution in [0, 0.1) is 0 Å². The van der Waals surface area contributed by atoms with Crippen molar-refractivity contribution in [2.75, 3.05) is 13.1 Å². The van der Waals surface area contributed by atoms with Crippen LogP contribution in [0.1, 0.15) is 19.8 Å². The van der Waals surface area contributed by atoms with Crippen molar-refractivity contribution in [3.8, 4) is 0 Å². The molecule has 0 aromatic carbocycles. The average molecular weight is 236 g/mol. The van der Waals surface area contributed by atoms with E-state index in [1.54, 1.807) is 6.92 Å². The summed E-state index contributed by atoms with van der Waals surface area (Å²) in [5, 5.41) is 11.4. The van der Waals surface area contributed by atoms with Gasteiger partial charge in [0.25, 0.3) is 10.2 Å². The van der Waals surface area contributed by atoms with Gasteiger partial charge in [0.15, 0.2) is 5.84 Å². The Balaban J connectivity index is 2.86. The molecule has 4 N–H and O–H groups in total. The van der Waals surface area contributed by atoms with Crippen LogP contribution in [-0.4, -0.2) is 42.9 Å². The zero-order valence-electron chi connectivity index (χ0n) is 8.55. The molecule has 0 bridgehead atoms. The molecule has 15 heavy (non-hydrogen) atoms. The van der Waals surface area contributed by atoms with Gasteiger partial charge in [-0.1, -0.05) is 12.1 Å². The first-order chi connectivity index (χ1) is 7.03. The Kier molecular flexibility index (Phi) is 3.89. The first-order valence-electron chi connectivity index (χ1n) is 4.76. The van der Waals surface area contributed by atoms with E-state index in [9.17, 15) is 8.42 Å². The van der Waals surface area contributed by atoms with Crippen LogP contribution in [0.15, 0.2) is 5.16 Å². The largest absolute Gasteiger partial charge is 0.409 e. The predicted molar refractivity (Wildman–Crippen MR) is 55.7 cm³/mol. The molecule has 0 saturated carbocycles. The van der Waals surface area contributed by atoms with E-state index in [0.29, 0.717) is 25.9 Å². The molecule has 0 aromatic rings. The predicted octanol–water partition coefficient (Wildman–Crippen LogP) is -0.948. The molecule has 88 valence electrons. The number of nitrogens with two attached hydrogens (primary N) is 1. The number of hydrogen-bond acceptors (Lipinski definition) is 4. The van der Waals surface area contributed by atoms with E-state index in [1.165, 1.54) is 4.31 Å². The lowest BCUT2D eigenvalue weighted by atomic mass is 10.2. The molecular weight excluding hydrogens is 220 g/mol. The van der Waals surface area contributed by atoms with E-state index in [1.807, 2.05) is 0 Å². The van der Waals surface area contributed by atoms with Crippen LogP contribution in [0.5, 0.6) is 0 Å². The molecule has 0 spiro atoms. The van der Waals surface area contributed by atoms with Crippen molar-refractivity contribution >= 4 is 16.0 Å². The molecule has 1 aliphatic heterocycles. The van der Waals surface area contributed by atoms with Gasteiger partial charge in [-0.3, -0.25) is 0 Å². The van der Waals surface area contributed by atoms with Gasteiger partial charge in [-0.2, -0.15) is 12.7 Å². The highest BCUT2D eigenvalue weighted by Gasteiger charge is 2.36. The number of rotatable bonds is 4. The summed E-state index contributed by atoms with van der Waals surface area (Å²) in [6.45, 7) is 2.42. The Bertz CT molecular complexity index is 340. The van der Waals surface area contributed by atoms with Crippen molar-refractivity contribution < 1.29 is 13.6 Å². The van der Waals surface area contributed by atoms with E-state index in [0.717, 1.165) is 0 Å². The molecule has 8 heteroatoms. The first-order valence-corrected chi connectivity index (χ1v) is 6.20. The van der Waals surface area contributed by atoms with Gasteiger partial charge in [0.1, 0.15) is 0 Å². The Morgan fingerprint density at radius 1 is 1.73 bits per heavy atom. The van der Waals surface area contributed by atoms with E-state index in [4.69, 9.17) is 10.9 Å². The molecule has 0 amide bonds. The lowest BCUT2D eigenvalue weighted by molar-refractivity contribution is 0.311. The Morgan fingerprint density at radius 2 is 2.40 bits per heavy atom. The summed E-state index contributed by atoms with van der Waals surface area (Å²) in [4.78, 5) is 0. The minimum Gasteiger partial charge on any atom is -0.409 e. The van der Waals surface area contributed by atoms with Crippen LogP contribution in [0.4, 0.5) is 0 Å². The summed E-state index contributed by atoms with van der Waals surface area (Å²) in [6.07, 6.45) is 1.30. The third-order valence-electron chi connectivity index (χ3n) is 2.30. The van der Waals surface area contributed by atoms with Crippen molar-refractivity contribution in [2.45, 2.75) is 25.8 Å². The third-order valence-corrected chi connectivity index (χ3v) is 4.00. The van der Waals surface area contributed by atoms with E-state index < -0.39 is 16.3 Å². The van der Waals surface area contributed by atoms with Gasteiger partial charge in [-0.05, 0) is 12.8 Å². The van der Waals surface area contributed by atoms with Crippen LogP contribution >= 0.6 is 0 Å². The molecule has 1 heterocycles.